The summed E-state index contributed by atoms with van der Waals surface area (Å²) in [5.41, 5.74) is 20.3. The Morgan fingerprint density at radius 1 is 0.373 bits per heavy atom. The van der Waals surface area contributed by atoms with E-state index < -0.39 is 0 Å². The highest BCUT2D eigenvalue weighted by molar-refractivity contribution is 8.00. The monoisotopic (exact) mass is 777 g/mol. The van der Waals surface area contributed by atoms with Gasteiger partial charge in [-0.15, -0.1) is 0 Å². The second kappa shape index (κ2) is 14.4. The van der Waals surface area contributed by atoms with Crippen LogP contribution >= 0.6 is 11.8 Å². The lowest BCUT2D eigenvalue weighted by atomic mass is 9.34. The van der Waals surface area contributed by atoms with E-state index >= 15 is 0 Å². The molecule has 2 aliphatic rings. The summed E-state index contributed by atoms with van der Waals surface area (Å²) >= 11 is 1.91. The Balaban J connectivity index is 1.23. The van der Waals surface area contributed by atoms with E-state index in [0.717, 1.165) is 0 Å². The van der Waals surface area contributed by atoms with Crippen LogP contribution in [0.2, 0.25) is 0 Å². The molecule has 0 saturated carbocycles. The van der Waals surface area contributed by atoms with Gasteiger partial charge >= 0.3 is 0 Å². The number of rotatable bonds is 5. The molecule has 8 aromatic carbocycles. The Morgan fingerprint density at radius 2 is 0.898 bits per heavy atom. The van der Waals surface area contributed by atoms with Gasteiger partial charge in [-0.25, -0.2) is 0 Å². The van der Waals surface area contributed by atoms with Crippen molar-refractivity contribution >= 4 is 51.9 Å². The highest BCUT2D eigenvalue weighted by Gasteiger charge is 2.41. The third-order valence-electron chi connectivity index (χ3n) is 12.3. The summed E-state index contributed by atoms with van der Waals surface area (Å²) in [7, 11) is 0. The minimum Gasteiger partial charge on any atom is -0.311 e. The fourth-order valence-electron chi connectivity index (χ4n) is 9.11. The van der Waals surface area contributed by atoms with E-state index in [9.17, 15) is 0 Å². The molecule has 0 atom stereocenters. The highest BCUT2D eigenvalue weighted by atomic mass is 32.2. The number of hydrogen-bond acceptors (Lipinski definition) is 2. The Hall–Kier alpha value is -6.03. The fourth-order valence-corrected chi connectivity index (χ4v) is 10.3. The first-order chi connectivity index (χ1) is 28.5. The first-order valence-electron chi connectivity index (χ1n) is 20.9. The van der Waals surface area contributed by atoms with Crippen LogP contribution in [0.25, 0.3) is 44.5 Å². The van der Waals surface area contributed by atoms with Crippen LogP contribution in [0.15, 0.2) is 192 Å². The SMILES string of the molecule is CC(C)(C)c1ccc(-c2ccccc2-c2ccc3c(c2)N(c2ccccc2-c2ccc(C(C)(C)C)cc2)c2cc(-c4ccccc4)cc4c2B3c2ccccc2S4)cc1. The molecule has 59 heavy (non-hydrogen) atoms. The second-order valence-corrected chi connectivity index (χ2v) is 19.3. The molecule has 10 rings (SSSR count). The topological polar surface area (TPSA) is 3.24 Å². The van der Waals surface area contributed by atoms with Crippen LogP contribution in [0, 0.1) is 0 Å². The van der Waals surface area contributed by atoms with Gasteiger partial charge in [-0.3, -0.25) is 0 Å². The van der Waals surface area contributed by atoms with Gasteiger partial charge in [0.15, 0.2) is 0 Å². The minimum absolute atomic E-state index is 0.0745. The Kier molecular flexibility index (Phi) is 9.07. The van der Waals surface area contributed by atoms with E-state index in [2.05, 4.69) is 228 Å². The van der Waals surface area contributed by atoms with Crippen molar-refractivity contribution in [2.75, 3.05) is 4.90 Å². The van der Waals surface area contributed by atoms with Crippen molar-refractivity contribution in [3.8, 4) is 44.5 Å². The van der Waals surface area contributed by atoms with Crippen molar-refractivity contribution in [1.29, 1.82) is 0 Å². The van der Waals surface area contributed by atoms with Crippen molar-refractivity contribution in [1.82, 2.24) is 0 Å². The van der Waals surface area contributed by atoms with Gasteiger partial charge < -0.3 is 4.90 Å². The second-order valence-electron chi connectivity index (χ2n) is 18.2. The summed E-state index contributed by atoms with van der Waals surface area (Å²) in [6, 6.07) is 68.4. The maximum absolute atomic E-state index is 2.59. The molecule has 0 fully saturated rings. The molecular formula is C56H48BNS. The maximum Gasteiger partial charge on any atom is 0.249 e. The molecule has 0 saturated heterocycles. The molecule has 286 valence electrons. The van der Waals surface area contributed by atoms with Crippen LogP contribution in [0.5, 0.6) is 0 Å². The predicted molar refractivity (Wildman–Crippen MR) is 255 cm³/mol. The molecule has 0 spiro atoms. The number of benzene rings is 8. The molecule has 8 aromatic rings. The van der Waals surface area contributed by atoms with Crippen LogP contribution in [0.4, 0.5) is 17.1 Å². The standard InChI is InChI=1S/C56H48BNS/c1-55(2,3)42-29-24-38(25-30-42)44-18-10-11-19-45(44)40-28-33-47-50(34-40)58(49-22-14-12-20-46(49)39-26-31-43(32-27-39)56(4,5)6)51-35-41(37-16-8-7-9-17-37)36-53-54(51)57(47)48-21-13-15-23-52(48)59-53/h7-36H,1-6H3. The third-order valence-corrected chi connectivity index (χ3v) is 13.4. The van der Waals surface area contributed by atoms with Gasteiger partial charge in [-0.05, 0) is 102 Å². The number of fused-ring (bicyclic) bond motifs is 4. The Bertz CT molecular complexity index is 2860. The molecule has 0 unspecified atom stereocenters. The van der Waals surface area contributed by atoms with Crippen LogP contribution in [0.1, 0.15) is 52.7 Å². The molecule has 0 aromatic heterocycles. The van der Waals surface area contributed by atoms with E-state index in [1.54, 1.807) is 0 Å². The molecule has 2 heterocycles. The molecule has 0 aliphatic carbocycles. The first kappa shape index (κ1) is 37.3. The number of para-hydroxylation sites is 1. The molecule has 0 radical (unpaired) electrons. The van der Waals surface area contributed by atoms with Gasteiger partial charge in [0, 0.05) is 26.7 Å². The van der Waals surface area contributed by atoms with E-state index in [4.69, 9.17) is 0 Å². The highest BCUT2D eigenvalue weighted by Crippen LogP contribution is 2.47. The predicted octanol–water partition coefficient (Wildman–Crippen LogP) is 13.7. The largest absolute Gasteiger partial charge is 0.311 e. The molecule has 2 aliphatic heterocycles. The summed E-state index contributed by atoms with van der Waals surface area (Å²) in [4.78, 5) is 5.23. The smallest absolute Gasteiger partial charge is 0.249 e. The fraction of sp³-hybridized carbons (Fsp3) is 0.143. The van der Waals surface area contributed by atoms with Gasteiger partial charge in [0.1, 0.15) is 0 Å². The number of anilines is 3. The zero-order valence-electron chi connectivity index (χ0n) is 34.8. The zero-order valence-corrected chi connectivity index (χ0v) is 35.6. The molecule has 0 N–H and O–H groups in total. The average molecular weight is 778 g/mol. The number of hydrogen-bond donors (Lipinski definition) is 0. The van der Waals surface area contributed by atoms with Crippen molar-refractivity contribution < 1.29 is 0 Å². The summed E-state index contributed by atoms with van der Waals surface area (Å²) < 4.78 is 0. The van der Waals surface area contributed by atoms with E-state index in [-0.39, 0.29) is 17.5 Å². The average Bonchev–Trinajstić information content (AvgIpc) is 3.26. The lowest BCUT2D eigenvalue weighted by Crippen LogP contribution is -2.59. The molecular weight excluding hydrogens is 730 g/mol. The maximum atomic E-state index is 2.59. The van der Waals surface area contributed by atoms with Gasteiger partial charge in [0.25, 0.3) is 0 Å². The Labute approximate surface area is 354 Å². The normalized spacial score (nSPS) is 13.1. The molecule has 0 bridgehead atoms. The molecule has 3 heteroatoms. The van der Waals surface area contributed by atoms with E-state index in [0.29, 0.717) is 0 Å². The number of nitrogens with zero attached hydrogens (tertiary/aromatic N) is 1. The van der Waals surface area contributed by atoms with E-state index in [1.807, 2.05) is 11.8 Å². The lowest BCUT2D eigenvalue weighted by molar-refractivity contribution is 0.590. The minimum atomic E-state index is 0.0745. The zero-order chi connectivity index (χ0) is 40.5. The lowest BCUT2D eigenvalue weighted by Gasteiger charge is -2.41. The van der Waals surface area contributed by atoms with Gasteiger partial charge in [-0.1, -0.05) is 210 Å². The van der Waals surface area contributed by atoms with Crippen molar-refractivity contribution in [3.05, 3.63) is 193 Å². The van der Waals surface area contributed by atoms with Crippen molar-refractivity contribution in [2.24, 2.45) is 0 Å². The van der Waals surface area contributed by atoms with E-state index in [1.165, 1.54) is 98.9 Å². The van der Waals surface area contributed by atoms with Crippen molar-refractivity contribution in [2.45, 2.75) is 62.2 Å². The summed E-state index contributed by atoms with van der Waals surface area (Å²) in [5, 5.41) is 0. The summed E-state index contributed by atoms with van der Waals surface area (Å²) in [6.45, 7) is 13.8. The van der Waals surface area contributed by atoms with Gasteiger partial charge in [0.05, 0.1) is 5.69 Å². The van der Waals surface area contributed by atoms with Crippen molar-refractivity contribution in [3.63, 3.8) is 0 Å². The van der Waals surface area contributed by atoms with Crippen LogP contribution in [-0.2, 0) is 10.8 Å². The first-order valence-corrected chi connectivity index (χ1v) is 21.7. The van der Waals surface area contributed by atoms with Crippen LogP contribution < -0.4 is 21.3 Å². The van der Waals surface area contributed by atoms with Gasteiger partial charge in [-0.2, -0.15) is 0 Å². The Morgan fingerprint density at radius 3 is 1.56 bits per heavy atom. The molecule has 0 amide bonds. The summed E-state index contributed by atoms with van der Waals surface area (Å²) in [5.74, 6) is 0. The van der Waals surface area contributed by atoms with Gasteiger partial charge in [0.2, 0.25) is 6.71 Å². The van der Waals surface area contributed by atoms with Crippen LogP contribution in [0.3, 0.4) is 0 Å². The van der Waals surface area contributed by atoms with Crippen LogP contribution in [-0.4, -0.2) is 6.71 Å². The third kappa shape index (κ3) is 6.63. The summed E-state index contributed by atoms with van der Waals surface area (Å²) in [6.07, 6.45) is 0. The molecule has 1 nitrogen and oxygen atoms in total. The quantitative estimate of drug-likeness (QED) is 0.160.